The Kier molecular flexibility index (Phi) is 17.6. The number of hydrogen-bond donors (Lipinski definition) is 2. The number of hydrogen-bond acceptors (Lipinski definition) is 12. The summed E-state index contributed by atoms with van der Waals surface area (Å²) in [5, 5.41) is 29.7. The number of carbonyl (C=O) groups is 2. The summed E-state index contributed by atoms with van der Waals surface area (Å²) >= 11 is 13.9. The molecule has 2 fully saturated rings. The van der Waals surface area contributed by atoms with E-state index in [2.05, 4.69) is 56.8 Å². The number of likely N-dealkylation sites (tertiary alicyclic amines) is 2. The smallest absolute Gasteiger partial charge is 0.307 e. The van der Waals surface area contributed by atoms with Crippen molar-refractivity contribution < 1.29 is 38.7 Å². The normalized spacial score (nSPS) is 16.2. The maximum Gasteiger partial charge on any atom is 0.307 e. The minimum Gasteiger partial charge on any atom is -0.488 e. The van der Waals surface area contributed by atoms with Gasteiger partial charge in [-0.15, -0.1) is 0 Å². The highest BCUT2D eigenvalue weighted by Gasteiger charge is 2.28. The Hall–Kier alpha value is -7.02. The van der Waals surface area contributed by atoms with Crippen molar-refractivity contribution in [2.75, 3.05) is 33.2 Å². The van der Waals surface area contributed by atoms with E-state index in [4.69, 9.17) is 42.1 Å². The second-order valence-electron chi connectivity index (χ2n) is 18.6. The maximum absolute atomic E-state index is 11.9. The van der Waals surface area contributed by atoms with E-state index in [-0.39, 0.29) is 26.4 Å². The van der Waals surface area contributed by atoms with Crippen LogP contribution in [0.2, 0.25) is 10.0 Å². The highest BCUT2D eigenvalue weighted by Crippen LogP contribution is 2.39. The number of nitriles is 1. The van der Waals surface area contributed by atoms with E-state index in [0.717, 1.165) is 87.1 Å². The first kappa shape index (κ1) is 52.3. The first-order valence-electron chi connectivity index (χ1n) is 24.3. The first-order valence-corrected chi connectivity index (χ1v) is 25.0. The highest BCUT2D eigenvalue weighted by atomic mass is 35.5. The summed E-state index contributed by atoms with van der Waals surface area (Å²) in [5.41, 5.74) is 10.5. The van der Waals surface area contributed by atoms with Gasteiger partial charge < -0.3 is 29.2 Å². The molecule has 2 aliphatic rings. The summed E-state index contributed by atoms with van der Waals surface area (Å²) in [7, 11) is 1.71. The monoisotopic (exact) mass is 1020 g/mol. The average molecular weight is 1030 g/mol. The van der Waals surface area contributed by atoms with E-state index in [1.54, 1.807) is 44.0 Å². The number of nitrogens with zero attached hydrogens (tertiary/aromatic N) is 6. The van der Waals surface area contributed by atoms with Crippen LogP contribution in [0.1, 0.15) is 81.3 Å². The maximum atomic E-state index is 11.9. The predicted octanol–water partition coefficient (Wildman–Crippen LogP) is 10.9. The van der Waals surface area contributed by atoms with Gasteiger partial charge in [0.25, 0.3) is 0 Å². The predicted molar refractivity (Wildman–Crippen MR) is 280 cm³/mol. The topological polar surface area (TPSA) is 180 Å². The number of halogens is 2. The summed E-state index contributed by atoms with van der Waals surface area (Å²) in [5.74, 6) is -0.452. The molecule has 0 radical (unpaired) electrons. The molecular weight excluding hydrogens is 968 g/mol. The van der Waals surface area contributed by atoms with Crippen molar-refractivity contribution in [2.45, 2.75) is 79.0 Å². The Labute approximate surface area is 435 Å². The molecule has 14 nitrogen and oxygen atoms in total. The number of carboxylic acid groups (broad SMARTS) is 2. The third-order valence-electron chi connectivity index (χ3n) is 13.5. The lowest BCUT2D eigenvalue weighted by Crippen LogP contribution is -2.38. The average Bonchev–Trinajstić information content (AvgIpc) is 3.39. The Bertz CT molecular complexity index is 3030. The molecular formula is C57H58Cl2N6O8. The van der Waals surface area contributed by atoms with Crippen LogP contribution in [0.5, 0.6) is 23.0 Å². The van der Waals surface area contributed by atoms with Crippen molar-refractivity contribution in [2.24, 2.45) is 16.8 Å². The molecule has 16 heteroatoms. The zero-order chi connectivity index (χ0) is 51.4. The van der Waals surface area contributed by atoms with Crippen LogP contribution in [0.3, 0.4) is 0 Å². The molecule has 378 valence electrons. The van der Waals surface area contributed by atoms with Crippen LogP contribution in [0.4, 0.5) is 0 Å². The number of aliphatic carboxylic acids is 2. The number of pyridine rings is 2. The van der Waals surface area contributed by atoms with Crippen LogP contribution in [0, 0.1) is 37.0 Å². The molecule has 8 rings (SSSR count). The molecule has 2 aromatic heterocycles. The van der Waals surface area contributed by atoms with Crippen molar-refractivity contribution in [3.8, 4) is 40.2 Å². The molecule has 4 heterocycles. The highest BCUT2D eigenvalue weighted by molar-refractivity contribution is 6.32. The van der Waals surface area contributed by atoms with Crippen LogP contribution >= 0.6 is 23.2 Å². The van der Waals surface area contributed by atoms with Crippen molar-refractivity contribution >= 4 is 41.4 Å². The Morgan fingerprint density at radius 3 is 1.63 bits per heavy atom. The van der Waals surface area contributed by atoms with E-state index < -0.39 is 23.8 Å². The summed E-state index contributed by atoms with van der Waals surface area (Å²) in [6.45, 7) is 8.26. The number of piperidine rings is 2. The number of rotatable bonds is 20. The third-order valence-corrected chi connectivity index (χ3v) is 14.1. The molecule has 2 atom stereocenters. The Morgan fingerprint density at radius 2 is 1.15 bits per heavy atom. The van der Waals surface area contributed by atoms with Gasteiger partial charge in [-0.25, -0.2) is 0 Å². The lowest BCUT2D eigenvalue weighted by molar-refractivity contribution is -0.144. The SMILES string of the molecule is C/N=C\c1cncc(COc2cc(OCc3cccc(-c4cccc(COc5cc(OCc6cncc(C#N)c6)c(CN6CCCC(C(=O)O)C6)cc5Cl)c4C)c3C)c(Cl)cc2CN2CCCC(C(=O)O)C2)c1. The largest absolute Gasteiger partial charge is 0.488 e. The van der Waals surface area contributed by atoms with Crippen molar-refractivity contribution in [1.29, 1.82) is 5.26 Å². The van der Waals surface area contributed by atoms with Crippen molar-refractivity contribution in [3.63, 3.8) is 0 Å². The number of aliphatic imine (C=N–C) groups is 1. The van der Waals surface area contributed by atoms with Crippen LogP contribution in [-0.4, -0.2) is 81.4 Å². The van der Waals surface area contributed by atoms with Crippen molar-refractivity contribution in [3.05, 3.63) is 163 Å². The van der Waals surface area contributed by atoms with Crippen LogP contribution in [0.25, 0.3) is 11.1 Å². The molecule has 2 unspecified atom stereocenters. The number of benzene rings is 4. The van der Waals surface area contributed by atoms with Gasteiger partial charge in [-0.1, -0.05) is 59.6 Å². The number of aromatic nitrogens is 2. The van der Waals surface area contributed by atoms with Crippen molar-refractivity contribution in [1.82, 2.24) is 19.8 Å². The zero-order valence-corrected chi connectivity index (χ0v) is 42.7. The van der Waals surface area contributed by atoms with Gasteiger partial charge in [0.1, 0.15) is 55.5 Å². The van der Waals surface area contributed by atoms with Gasteiger partial charge in [0.05, 0.1) is 27.4 Å². The molecule has 0 amide bonds. The second kappa shape index (κ2) is 24.6. The number of ether oxygens (including phenoxy) is 4. The quantitative estimate of drug-likeness (QED) is 0.0691. The van der Waals surface area contributed by atoms with E-state index in [1.807, 2.05) is 48.5 Å². The molecule has 0 saturated carbocycles. The fourth-order valence-electron chi connectivity index (χ4n) is 9.50. The van der Waals surface area contributed by atoms with E-state index >= 15 is 0 Å². The summed E-state index contributed by atoms with van der Waals surface area (Å²) in [4.78, 5) is 40.6. The molecule has 0 spiro atoms. The van der Waals surface area contributed by atoms with Gasteiger partial charge in [0, 0.05) is 104 Å². The molecule has 4 aromatic carbocycles. The Morgan fingerprint density at radius 1 is 0.671 bits per heavy atom. The molecule has 6 aromatic rings. The molecule has 2 saturated heterocycles. The van der Waals surface area contributed by atoms with Gasteiger partial charge in [-0.3, -0.25) is 34.3 Å². The third kappa shape index (κ3) is 13.5. The fourth-order valence-corrected chi connectivity index (χ4v) is 9.98. The van der Waals surface area contributed by atoms with Crippen LogP contribution < -0.4 is 18.9 Å². The van der Waals surface area contributed by atoms with E-state index in [0.29, 0.717) is 77.6 Å². The van der Waals surface area contributed by atoms with E-state index in [9.17, 15) is 25.1 Å². The summed E-state index contributed by atoms with van der Waals surface area (Å²) < 4.78 is 25.8. The lowest BCUT2D eigenvalue weighted by atomic mass is 9.92. The standard InChI is InChI=1S/C57H58Cl2N6O8/c1-36-44(34-72-54-20-52(70-32-40-16-38(22-60)24-62-26-40)46(18-50(54)58)30-64-14-6-10-42(28-64)56(66)67)8-4-12-48(36)49-13-5-9-45(37(49)2)35-73-55-21-53(71-33-41-17-39(23-61-3)25-63-27-41)47(19-51(55)59)31-65-15-7-11-43(29-65)57(68)69/h4-5,8-9,12-13,16-21,23-27,42-43H,6-7,10-11,14-15,28-35H2,1-3H3,(H,66,67)(H,68,69)/b61-23-. The minimum absolute atomic E-state index is 0.147. The molecule has 2 aliphatic heterocycles. The second-order valence-corrected chi connectivity index (χ2v) is 19.5. The molecule has 73 heavy (non-hydrogen) atoms. The lowest BCUT2D eigenvalue weighted by Gasteiger charge is -2.31. The van der Waals surface area contributed by atoms with Gasteiger partial charge >= 0.3 is 11.9 Å². The fraction of sp³-hybridized carbons (Fsp3) is 0.333. The van der Waals surface area contributed by atoms with Gasteiger partial charge in [0.2, 0.25) is 0 Å². The molecule has 0 aliphatic carbocycles. The van der Waals surface area contributed by atoms with E-state index in [1.165, 1.54) is 6.20 Å². The van der Waals surface area contributed by atoms with Crippen LogP contribution in [-0.2, 0) is 49.1 Å². The Balaban J connectivity index is 0.994. The van der Waals surface area contributed by atoms with Gasteiger partial charge in [-0.2, -0.15) is 5.26 Å². The minimum atomic E-state index is -0.798. The molecule has 0 bridgehead atoms. The zero-order valence-electron chi connectivity index (χ0n) is 41.2. The van der Waals surface area contributed by atoms with Gasteiger partial charge in [0.15, 0.2) is 0 Å². The number of carboxylic acids is 2. The van der Waals surface area contributed by atoms with Gasteiger partial charge in [-0.05, 0) is 110 Å². The summed E-state index contributed by atoms with van der Waals surface area (Å²) in [6.07, 6.45) is 11.2. The summed E-state index contributed by atoms with van der Waals surface area (Å²) in [6, 6.07) is 25.4. The first-order chi connectivity index (χ1) is 35.3. The van der Waals surface area contributed by atoms with Crippen LogP contribution in [0.15, 0.2) is 103 Å². The molecule has 2 N–H and O–H groups in total.